The van der Waals surface area contributed by atoms with Crippen molar-refractivity contribution in [3.63, 3.8) is 0 Å². The number of fused-ring (bicyclic) bond motifs is 1. The topological polar surface area (TPSA) is 79.8 Å². The largest absolute Gasteiger partial charge is 0.254 e. The molecule has 0 aromatic carbocycles. The van der Waals surface area contributed by atoms with Gasteiger partial charge in [-0.3, -0.25) is 9.97 Å². The zero-order valence-corrected chi connectivity index (χ0v) is 12.9. The van der Waals surface area contributed by atoms with Crippen LogP contribution in [0.4, 0.5) is 0 Å². The normalized spacial score (nSPS) is 10.7. The second-order valence-electron chi connectivity index (χ2n) is 5.31. The van der Waals surface area contributed by atoms with Gasteiger partial charge in [0.2, 0.25) is 0 Å². The highest BCUT2D eigenvalue weighted by Crippen LogP contribution is 2.28. The number of hydrogen-bond acceptors (Lipinski definition) is 5. The number of rotatable bonds is 2. The average molecular weight is 312 g/mol. The van der Waals surface area contributed by atoms with E-state index in [9.17, 15) is 5.26 Å². The predicted molar refractivity (Wildman–Crippen MR) is 88.9 cm³/mol. The summed E-state index contributed by atoms with van der Waals surface area (Å²) in [6.45, 7) is 1.95. The molecule has 0 saturated heterocycles. The van der Waals surface area contributed by atoms with Gasteiger partial charge in [-0.05, 0) is 43.3 Å². The van der Waals surface area contributed by atoms with Crippen LogP contribution in [0.25, 0.3) is 28.3 Å². The first-order chi connectivity index (χ1) is 11.8. The van der Waals surface area contributed by atoms with Crippen molar-refractivity contribution in [1.82, 2.24) is 24.6 Å². The Hall–Kier alpha value is -3.59. The monoisotopic (exact) mass is 312 g/mol. The molecule has 4 aromatic rings. The molecule has 4 aromatic heterocycles. The lowest BCUT2D eigenvalue weighted by Crippen LogP contribution is -1.99. The summed E-state index contributed by atoms with van der Waals surface area (Å²) in [4.78, 5) is 13.2. The molecule has 0 amide bonds. The molecule has 0 saturated carbocycles. The van der Waals surface area contributed by atoms with Gasteiger partial charge in [0.1, 0.15) is 6.07 Å². The van der Waals surface area contributed by atoms with Gasteiger partial charge in [0, 0.05) is 17.5 Å². The molecule has 24 heavy (non-hydrogen) atoms. The Morgan fingerprint density at radius 2 is 1.92 bits per heavy atom. The maximum absolute atomic E-state index is 9.18. The lowest BCUT2D eigenvalue weighted by atomic mass is 10.1. The number of nitriles is 1. The van der Waals surface area contributed by atoms with Crippen LogP contribution < -0.4 is 0 Å². The van der Waals surface area contributed by atoms with E-state index >= 15 is 0 Å². The molecule has 6 nitrogen and oxygen atoms in total. The van der Waals surface area contributed by atoms with Crippen molar-refractivity contribution < 1.29 is 0 Å². The minimum absolute atomic E-state index is 0.394. The zero-order chi connectivity index (χ0) is 16.5. The van der Waals surface area contributed by atoms with Gasteiger partial charge in [0.25, 0.3) is 0 Å². The summed E-state index contributed by atoms with van der Waals surface area (Å²) in [7, 11) is 0. The Bertz CT molecular complexity index is 1090. The van der Waals surface area contributed by atoms with Crippen molar-refractivity contribution in [3.8, 4) is 28.7 Å². The summed E-state index contributed by atoms with van der Waals surface area (Å²) in [6, 6.07) is 15.4. The highest BCUT2D eigenvalue weighted by atomic mass is 15.3. The van der Waals surface area contributed by atoms with Gasteiger partial charge in [-0.1, -0.05) is 6.07 Å². The lowest BCUT2D eigenvalue weighted by molar-refractivity contribution is 0.926. The van der Waals surface area contributed by atoms with Crippen LogP contribution in [0.5, 0.6) is 0 Å². The van der Waals surface area contributed by atoms with Crippen LogP contribution in [0, 0.1) is 18.3 Å². The third-order valence-electron chi connectivity index (χ3n) is 3.69. The Balaban J connectivity index is 1.93. The van der Waals surface area contributed by atoms with E-state index in [4.69, 9.17) is 0 Å². The Morgan fingerprint density at radius 1 is 1.00 bits per heavy atom. The first kappa shape index (κ1) is 14.0. The third kappa shape index (κ3) is 2.29. The van der Waals surface area contributed by atoms with Crippen molar-refractivity contribution in [2.24, 2.45) is 0 Å². The highest BCUT2D eigenvalue weighted by Gasteiger charge is 2.13. The van der Waals surface area contributed by atoms with Crippen LogP contribution >= 0.6 is 0 Å². The van der Waals surface area contributed by atoms with E-state index in [2.05, 4.69) is 26.1 Å². The van der Waals surface area contributed by atoms with Crippen molar-refractivity contribution in [2.75, 3.05) is 0 Å². The molecule has 0 aliphatic heterocycles. The highest BCUT2D eigenvalue weighted by molar-refractivity contribution is 5.77. The number of aryl methyl sites for hydroxylation is 1. The number of imidazole rings is 1. The lowest BCUT2D eigenvalue weighted by Gasteiger charge is -2.08. The van der Waals surface area contributed by atoms with Gasteiger partial charge >= 0.3 is 0 Å². The average Bonchev–Trinajstić information content (AvgIpc) is 3.04. The standard InChI is InChI=1S/C18H12N6/c1-12-4-2-6-16(22-12)18-14(5-3-9-20-18)15-7-8-17-21-11-13(10-19)24(17)23-15/h2-9,11H,1H3. The van der Waals surface area contributed by atoms with Crippen molar-refractivity contribution >= 4 is 5.65 Å². The SMILES string of the molecule is Cc1cccc(-c2ncccc2-c2ccc3ncc(C#N)n3n2)n1. The van der Waals surface area contributed by atoms with Gasteiger partial charge in [-0.15, -0.1) is 0 Å². The number of hydrogen-bond donors (Lipinski definition) is 0. The first-order valence-electron chi connectivity index (χ1n) is 7.40. The van der Waals surface area contributed by atoms with Crippen LogP contribution in [0.2, 0.25) is 0 Å². The fourth-order valence-corrected chi connectivity index (χ4v) is 2.58. The van der Waals surface area contributed by atoms with Crippen molar-refractivity contribution in [1.29, 1.82) is 5.26 Å². The first-order valence-corrected chi connectivity index (χ1v) is 7.40. The summed E-state index contributed by atoms with van der Waals surface area (Å²) in [5.74, 6) is 0. The van der Waals surface area contributed by atoms with Gasteiger partial charge in [-0.2, -0.15) is 10.4 Å². The number of pyridine rings is 2. The van der Waals surface area contributed by atoms with Crippen LogP contribution in [0.3, 0.4) is 0 Å². The minimum atomic E-state index is 0.394. The van der Waals surface area contributed by atoms with Crippen LogP contribution in [0.15, 0.2) is 54.9 Å². The Morgan fingerprint density at radius 3 is 2.75 bits per heavy atom. The smallest absolute Gasteiger partial charge is 0.162 e. The second kappa shape index (κ2) is 5.56. The summed E-state index contributed by atoms with van der Waals surface area (Å²) < 4.78 is 1.54. The number of nitrogens with zero attached hydrogens (tertiary/aromatic N) is 6. The molecule has 4 rings (SSSR count). The number of aromatic nitrogens is 5. The molecule has 0 spiro atoms. The van der Waals surface area contributed by atoms with Gasteiger partial charge in [0.05, 0.1) is 23.3 Å². The van der Waals surface area contributed by atoms with Crippen LogP contribution in [0.1, 0.15) is 11.4 Å². The summed E-state index contributed by atoms with van der Waals surface area (Å²) in [5.41, 5.74) is 5.07. The van der Waals surface area contributed by atoms with E-state index in [0.29, 0.717) is 17.0 Å². The van der Waals surface area contributed by atoms with E-state index in [-0.39, 0.29) is 0 Å². The molecule has 0 radical (unpaired) electrons. The van der Waals surface area contributed by atoms with Crippen molar-refractivity contribution in [2.45, 2.75) is 6.92 Å². The van der Waals surface area contributed by atoms with Crippen LogP contribution in [-0.2, 0) is 0 Å². The maximum Gasteiger partial charge on any atom is 0.162 e. The van der Waals surface area contributed by atoms with E-state index in [1.807, 2.05) is 49.4 Å². The van der Waals surface area contributed by atoms with E-state index in [1.165, 1.54) is 10.7 Å². The fraction of sp³-hybridized carbons (Fsp3) is 0.0556. The molecular formula is C18H12N6. The Kier molecular flexibility index (Phi) is 3.25. The van der Waals surface area contributed by atoms with E-state index in [1.54, 1.807) is 6.20 Å². The van der Waals surface area contributed by atoms with Gasteiger partial charge in [-0.25, -0.2) is 9.50 Å². The quantitative estimate of drug-likeness (QED) is 0.568. The minimum Gasteiger partial charge on any atom is -0.254 e. The third-order valence-corrected chi connectivity index (χ3v) is 3.69. The summed E-state index contributed by atoms with van der Waals surface area (Å²) >= 11 is 0. The molecule has 0 atom stereocenters. The van der Waals surface area contributed by atoms with Gasteiger partial charge < -0.3 is 0 Å². The summed E-state index contributed by atoms with van der Waals surface area (Å²) in [5, 5.41) is 13.7. The molecule has 6 heteroatoms. The van der Waals surface area contributed by atoms with E-state index in [0.717, 1.165) is 22.6 Å². The Labute approximate surface area is 138 Å². The molecule has 0 aliphatic rings. The zero-order valence-electron chi connectivity index (χ0n) is 12.9. The van der Waals surface area contributed by atoms with Crippen molar-refractivity contribution in [3.05, 3.63) is 66.2 Å². The van der Waals surface area contributed by atoms with Crippen LogP contribution in [-0.4, -0.2) is 24.6 Å². The summed E-state index contributed by atoms with van der Waals surface area (Å²) in [6.07, 6.45) is 3.25. The fourth-order valence-electron chi connectivity index (χ4n) is 2.58. The molecule has 0 aliphatic carbocycles. The van der Waals surface area contributed by atoms with Gasteiger partial charge in [0.15, 0.2) is 11.3 Å². The maximum atomic E-state index is 9.18. The molecule has 0 fully saturated rings. The predicted octanol–water partition coefficient (Wildman–Crippen LogP) is 3.03. The van der Waals surface area contributed by atoms with E-state index < -0.39 is 0 Å². The molecule has 4 heterocycles. The second-order valence-corrected chi connectivity index (χ2v) is 5.31. The molecule has 0 bridgehead atoms. The molecule has 0 N–H and O–H groups in total. The molecular weight excluding hydrogens is 300 g/mol. The molecule has 114 valence electrons. The molecule has 0 unspecified atom stereocenters.